The lowest BCUT2D eigenvalue weighted by Crippen LogP contribution is -2.71. The van der Waals surface area contributed by atoms with Crippen LogP contribution in [0.3, 0.4) is 0 Å². The second-order valence-corrected chi connectivity index (χ2v) is 13.3. The first kappa shape index (κ1) is 35.5. The van der Waals surface area contributed by atoms with Gasteiger partial charge in [0.15, 0.2) is 22.3 Å². The van der Waals surface area contributed by atoms with Crippen molar-refractivity contribution < 1.29 is 54.0 Å². The molecule has 2 aliphatic rings. The lowest BCUT2D eigenvalue weighted by Gasteiger charge is -2.49. The van der Waals surface area contributed by atoms with E-state index in [2.05, 4.69) is 25.8 Å². The van der Waals surface area contributed by atoms with Gasteiger partial charge in [-0.2, -0.15) is 0 Å². The number of anilines is 1. The van der Waals surface area contributed by atoms with Crippen LogP contribution in [0.2, 0.25) is 0 Å². The van der Waals surface area contributed by atoms with Crippen molar-refractivity contribution in [1.82, 2.24) is 25.5 Å². The quantitative estimate of drug-likeness (QED) is 0.0450. The van der Waals surface area contributed by atoms with Crippen LogP contribution in [-0.4, -0.2) is 99.7 Å². The molecule has 0 saturated carbocycles. The van der Waals surface area contributed by atoms with E-state index < -0.39 is 75.5 Å². The molecule has 5 rings (SSSR count). The summed E-state index contributed by atoms with van der Waals surface area (Å²) >= 11 is 2.09. The third-order valence-electron chi connectivity index (χ3n) is 7.63. The van der Waals surface area contributed by atoms with Crippen molar-refractivity contribution in [3.8, 4) is 11.5 Å². The number of carboxylic acids is 1. The third-order valence-corrected chi connectivity index (χ3v) is 9.61. The number of hydrogen-bond acceptors (Lipinski definition) is 15. The molecule has 0 aliphatic carbocycles. The van der Waals surface area contributed by atoms with Crippen molar-refractivity contribution in [1.29, 1.82) is 0 Å². The van der Waals surface area contributed by atoms with Crippen LogP contribution in [0.25, 0.3) is 10.9 Å². The van der Waals surface area contributed by atoms with Gasteiger partial charge in [0.05, 0.1) is 16.9 Å². The summed E-state index contributed by atoms with van der Waals surface area (Å²) in [5, 5.41) is 47.9. The van der Waals surface area contributed by atoms with Crippen LogP contribution in [0.15, 0.2) is 45.1 Å². The Bertz CT molecular complexity index is 2060. The molecule has 4 heterocycles. The summed E-state index contributed by atoms with van der Waals surface area (Å²) in [6.07, 6.45) is -0.466. The number of phenols is 2. The van der Waals surface area contributed by atoms with E-state index in [1.54, 1.807) is 6.92 Å². The maximum Gasteiger partial charge on any atom is 0.512 e. The van der Waals surface area contributed by atoms with E-state index >= 15 is 0 Å². The molecule has 1 fully saturated rings. The number of benzene rings is 1. The smallest absolute Gasteiger partial charge is 0.504 e. The number of pyridine rings is 1. The number of amides is 3. The Labute approximate surface area is 288 Å². The highest BCUT2D eigenvalue weighted by Gasteiger charge is 2.55. The molecule has 19 nitrogen and oxygen atoms in total. The molecule has 0 spiro atoms. The van der Waals surface area contributed by atoms with E-state index in [0.717, 1.165) is 46.3 Å². The summed E-state index contributed by atoms with van der Waals surface area (Å²) in [5.41, 5.74) is 2.60. The van der Waals surface area contributed by atoms with E-state index in [9.17, 15) is 49.2 Å². The van der Waals surface area contributed by atoms with Crippen LogP contribution in [-0.2, 0) is 24.0 Å². The van der Waals surface area contributed by atoms with Gasteiger partial charge in [-0.3, -0.25) is 24.1 Å². The van der Waals surface area contributed by atoms with Gasteiger partial charge < -0.3 is 51.4 Å². The molecule has 21 heteroatoms. The average molecular weight is 732 g/mol. The van der Waals surface area contributed by atoms with E-state index in [0.29, 0.717) is 0 Å². The first-order valence-corrected chi connectivity index (χ1v) is 16.4. The van der Waals surface area contributed by atoms with Gasteiger partial charge in [0.2, 0.25) is 16.9 Å². The third kappa shape index (κ3) is 6.72. The standard InChI is InChI=1S/C29H29N7O12S2/c1-4-13(32-21(40)11-7-31-14-6-17(38)16(37)5-10(14)20(11)39)12-8-49-25-19(23(42)36(25)24(12)47-28(45)46)34-22(41)18(15-9-50-27(30)33-15)35-48-29(2,3)26(43)44/h5-7,9,13,19,25,37-38H,4,8H2,1-3H3,(H2,30,33)(H,31,39)(H,32,40)(H,34,41)(H,43,44)(H,45,46)/b35-18-/t13?,19?,25-/m0/s1. The van der Waals surface area contributed by atoms with Gasteiger partial charge in [-0.15, -0.1) is 23.1 Å². The van der Waals surface area contributed by atoms with Crippen molar-refractivity contribution in [2.75, 3.05) is 11.5 Å². The number of aromatic nitrogens is 2. The van der Waals surface area contributed by atoms with Crippen LogP contribution in [0, 0.1) is 0 Å². The summed E-state index contributed by atoms with van der Waals surface area (Å²) < 4.78 is 5.04. The number of aromatic hydroxyl groups is 2. The molecule has 264 valence electrons. The Morgan fingerprint density at radius 1 is 1.20 bits per heavy atom. The Kier molecular flexibility index (Phi) is 9.64. The minimum atomic E-state index is -1.83. The molecular weight excluding hydrogens is 702 g/mol. The number of fused-ring (bicyclic) bond motifs is 2. The number of H-pyrrole nitrogens is 1. The summed E-state index contributed by atoms with van der Waals surface area (Å²) in [4.78, 5) is 89.3. The molecular formula is C29H29N7O12S2. The second kappa shape index (κ2) is 13.6. The van der Waals surface area contributed by atoms with Crippen molar-refractivity contribution in [3.63, 3.8) is 0 Å². The molecule has 1 aromatic carbocycles. The summed E-state index contributed by atoms with van der Waals surface area (Å²) in [6, 6.07) is -0.0307. The number of thioether (sulfide) groups is 1. The minimum Gasteiger partial charge on any atom is -0.504 e. The number of carbonyl (C=O) groups excluding carboxylic acids is 3. The number of nitrogens with one attached hydrogen (secondary N) is 3. The number of nitrogen functional groups attached to an aromatic ring is 1. The highest BCUT2D eigenvalue weighted by molar-refractivity contribution is 8.00. The molecule has 50 heavy (non-hydrogen) atoms. The van der Waals surface area contributed by atoms with E-state index in [4.69, 9.17) is 15.3 Å². The topological polar surface area (TPSA) is 296 Å². The Morgan fingerprint density at radius 2 is 1.90 bits per heavy atom. The number of aromatic amines is 1. The first-order valence-electron chi connectivity index (χ1n) is 14.5. The summed E-state index contributed by atoms with van der Waals surface area (Å²) in [5.74, 6) is -5.38. The largest absolute Gasteiger partial charge is 0.512 e. The maximum atomic E-state index is 13.5. The van der Waals surface area contributed by atoms with E-state index in [1.807, 2.05) is 0 Å². The van der Waals surface area contributed by atoms with Crippen molar-refractivity contribution >= 4 is 74.7 Å². The molecule has 1 saturated heterocycles. The molecule has 9 N–H and O–H groups in total. The number of oxime groups is 1. The Morgan fingerprint density at radius 3 is 2.52 bits per heavy atom. The van der Waals surface area contributed by atoms with Crippen molar-refractivity contribution in [3.05, 3.63) is 56.6 Å². The van der Waals surface area contributed by atoms with Crippen LogP contribution in [0.1, 0.15) is 43.2 Å². The molecule has 3 atom stereocenters. The van der Waals surface area contributed by atoms with E-state index in [1.165, 1.54) is 19.2 Å². The highest BCUT2D eigenvalue weighted by atomic mass is 32.2. The number of phenolic OH excluding ortho intramolecular Hbond substituents is 2. The lowest BCUT2D eigenvalue weighted by atomic mass is 10.0. The Balaban J connectivity index is 1.39. The van der Waals surface area contributed by atoms with Gasteiger partial charge in [0.1, 0.15) is 22.7 Å². The number of nitrogens with zero attached hydrogens (tertiary/aromatic N) is 3. The summed E-state index contributed by atoms with van der Waals surface area (Å²) in [6.45, 7) is 4.07. The van der Waals surface area contributed by atoms with Gasteiger partial charge in [-0.25, -0.2) is 14.6 Å². The normalized spacial score (nSPS) is 18.2. The van der Waals surface area contributed by atoms with Crippen molar-refractivity contribution in [2.45, 2.75) is 50.3 Å². The predicted octanol–water partition coefficient (Wildman–Crippen LogP) is 1.08. The zero-order chi connectivity index (χ0) is 36.7. The Hall–Kier alpha value is -5.83. The van der Waals surface area contributed by atoms with E-state index in [-0.39, 0.29) is 50.9 Å². The summed E-state index contributed by atoms with van der Waals surface area (Å²) in [7, 11) is 0. The number of nitrogens with two attached hydrogens (primary N) is 1. The number of carbonyl (C=O) groups is 5. The molecule has 2 aromatic heterocycles. The molecule has 0 radical (unpaired) electrons. The van der Waals surface area contributed by atoms with Gasteiger partial charge in [0, 0.05) is 29.0 Å². The fourth-order valence-corrected chi connectivity index (χ4v) is 6.86. The number of β-lactam (4-membered cyclic amide) rings is 1. The number of rotatable bonds is 11. The molecule has 2 aliphatic heterocycles. The van der Waals surface area contributed by atoms with Crippen LogP contribution < -0.4 is 21.8 Å². The monoisotopic (exact) mass is 731 g/mol. The zero-order valence-electron chi connectivity index (χ0n) is 26.2. The lowest BCUT2D eigenvalue weighted by molar-refractivity contribution is -0.161. The second-order valence-electron chi connectivity index (χ2n) is 11.3. The SMILES string of the molecule is CCC(NC(=O)c1c[nH]c2cc(O)c(O)cc2c1=O)C1=C(OC(=O)O)N2C(=O)C(NC(=O)/C(=N\OC(C)(C)C(=O)O)c3csc(N)n3)[C@@H]2SC1. The fraction of sp³-hybridized carbons (Fsp3) is 0.310. The van der Waals surface area contributed by atoms with Crippen molar-refractivity contribution in [2.24, 2.45) is 5.16 Å². The fourth-order valence-electron chi connectivity index (χ4n) is 4.92. The highest BCUT2D eigenvalue weighted by Crippen LogP contribution is 2.42. The molecule has 3 aromatic rings. The number of aliphatic carboxylic acids is 1. The van der Waals surface area contributed by atoms with Gasteiger partial charge in [-0.1, -0.05) is 12.1 Å². The molecule has 2 unspecified atom stereocenters. The predicted molar refractivity (Wildman–Crippen MR) is 176 cm³/mol. The molecule has 0 bridgehead atoms. The zero-order valence-corrected chi connectivity index (χ0v) is 27.9. The first-order chi connectivity index (χ1) is 23.5. The van der Waals surface area contributed by atoms with Gasteiger partial charge in [0.25, 0.3) is 17.7 Å². The number of hydrogen-bond donors (Lipinski definition) is 8. The van der Waals surface area contributed by atoms with Crippen LogP contribution in [0.5, 0.6) is 11.5 Å². The van der Waals surface area contributed by atoms with Crippen LogP contribution in [0.4, 0.5) is 9.93 Å². The number of carboxylic acid groups (broad SMARTS) is 2. The number of thiazole rings is 1. The maximum absolute atomic E-state index is 13.5. The van der Waals surface area contributed by atoms with Gasteiger partial charge >= 0.3 is 12.1 Å². The van der Waals surface area contributed by atoms with Gasteiger partial charge in [-0.05, 0) is 26.3 Å². The van der Waals surface area contributed by atoms with Crippen LogP contribution >= 0.6 is 23.1 Å². The minimum absolute atomic E-state index is 0.0168. The molecule has 3 amide bonds. The number of ether oxygens (including phenoxy) is 1. The average Bonchev–Trinajstić information content (AvgIpc) is 3.48.